The zero-order chi connectivity index (χ0) is 14.7. The standard InChI is InChI=1S/C15H16N4O2/c1-21-15(20)13-8-18-14(9-17-13)19-7-4-12(10-19)11-2-5-16-6-3-11/h2-3,5-6,8-9,12H,4,7,10H2,1H3. The minimum Gasteiger partial charge on any atom is -0.464 e. The SMILES string of the molecule is COC(=O)c1cnc(N2CCC(c3ccncc3)C2)cn1. The zero-order valence-corrected chi connectivity index (χ0v) is 11.8. The Labute approximate surface area is 122 Å². The van der Waals surface area contributed by atoms with Gasteiger partial charge in [-0.15, -0.1) is 0 Å². The molecule has 1 atom stereocenters. The van der Waals surface area contributed by atoms with Gasteiger partial charge in [0.1, 0.15) is 5.82 Å². The third-order valence-corrected chi connectivity index (χ3v) is 3.72. The Morgan fingerprint density at radius 2 is 2.10 bits per heavy atom. The maximum atomic E-state index is 11.3. The average molecular weight is 284 g/mol. The first-order valence-corrected chi connectivity index (χ1v) is 6.83. The molecule has 1 aliphatic rings. The molecule has 1 aliphatic heterocycles. The summed E-state index contributed by atoms with van der Waals surface area (Å²) in [6.07, 6.45) is 7.80. The predicted octanol–water partition coefficient (Wildman–Crippen LogP) is 1.65. The molecule has 0 radical (unpaired) electrons. The van der Waals surface area contributed by atoms with Crippen LogP contribution in [0.1, 0.15) is 28.4 Å². The Bertz CT molecular complexity index is 615. The Kier molecular flexibility index (Phi) is 3.77. The minimum absolute atomic E-state index is 0.228. The average Bonchev–Trinajstić information content (AvgIpc) is 3.05. The van der Waals surface area contributed by atoms with Crippen LogP contribution in [0.2, 0.25) is 0 Å². The van der Waals surface area contributed by atoms with Crippen molar-refractivity contribution in [1.82, 2.24) is 15.0 Å². The van der Waals surface area contributed by atoms with E-state index in [1.54, 1.807) is 6.20 Å². The second-order valence-corrected chi connectivity index (χ2v) is 4.96. The third-order valence-electron chi connectivity index (χ3n) is 3.72. The number of ether oxygens (including phenoxy) is 1. The highest BCUT2D eigenvalue weighted by molar-refractivity contribution is 5.86. The molecule has 6 heteroatoms. The molecule has 0 bridgehead atoms. The number of anilines is 1. The lowest BCUT2D eigenvalue weighted by atomic mass is 10.00. The summed E-state index contributed by atoms with van der Waals surface area (Å²) in [7, 11) is 1.33. The molecule has 0 saturated carbocycles. The van der Waals surface area contributed by atoms with Crippen LogP contribution in [0.15, 0.2) is 36.9 Å². The van der Waals surface area contributed by atoms with E-state index in [1.807, 2.05) is 12.4 Å². The summed E-state index contributed by atoms with van der Waals surface area (Å²) in [5, 5.41) is 0. The monoisotopic (exact) mass is 284 g/mol. The smallest absolute Gasteiger partial charge is 0.358 e. The Balaban J connectivity index is 1.70. The summed E-state index contributed by atoms with van der Waals surface area (Å²) in [6.45, 7) is 1.83. The lowest BCUT2D eigenvalue weighted by Crippen LogP contribution is -2.21. The minimum atomic E-state index is -0.467. The van der Waals surface area contributed by atoms with Gasteiger partial charge in [-0.1, -0.05) is 0 Å². The van der Waals surface area contributed by atoms with Gasteiger partial charge in [0.2, 0.25) is 0 Å². The highest BCUT2D eigenvalue weighted by Gasteiger charge is 2.25. The van der Waals surface area contributed by atoms with E-state index in [4.69, 9.17) is 0 Å². The van der Waals surface area contributed by atoms with Crippen LogP contribution in [0.3, 0.4) is 0 Å². The first kappa shape index (κ1) is 13.5. The van der Waals surface area contributed by atoms with E-state index in [0.29, 0.717) is 5.92 Å². The van der Waals surface area contributed by atoms with Gasteiger partial charge in [-0.25, -0.2) is 14.8 Å². The number of hydrogen-bond donors (Lipinski definition) is 0. The number of nitrogens with zero attached hydrogens (tertiary/aromatic N) is 4. The van der Waals surface area contributed by atoms with Gasteiger partial charge in [0.25, 0.3) is 0 Å². The number of rotatable bonds is 3. The Morgan fingerprint density at radius 3 is 2.76 bits per heavy atom. The molecule has 2 aromatic heterocycles. The fourth-order valence-electron chi connectivity index (χ4n) is 2.57. The normalized spacial score (nSPS) is 17.8. The lowest BCUT2D eigenvalue weighted by Gasteiger charge is -2.17. The fourth-order valence-corrected chi connectivity index (χ4v) is 2.57. The van der Waals surface area contributed by atoms with E-state index in [0.717, 1.165) is 25.3 Å². The van der Waals surface area contributed by atoms with E-state index in [2.05, 4.69) is 36.7 Å². The maximum absolute atomic E-state index is 11.3. The number of esters is 1. The van der Waals surface area contributed by atoms with Gasteiger partial charge < -0.3 is 9.64 Å². The van der Waals surface area contributed by atoms with Crippen LogP contribution in [-0.2, 0) is 4.74 Å². The maximum Gasteiger partial charge on any atom is 0.358 e. The highest BCUT2D eigenvalue weighted by atomic mass is 16.5. The lowest BCUT2D eigenvalue weighted by molar-refractivity contribution is 0.0593. The number of carbonyl (C=O) groups is 1. The van der Waals surface area contributed by atoms with Crippen LogP contribution >= 0.6 is 0 Å². The van der Waals surface area contributed by atoms with Crippen LogP contribution < -0.4 is 4.90 Å². The van der Waals surface area contributed by atoms with Crippen molar-refractivity contribution in [1.29, 1.82) is 0 Å². The summed E-state index contributed by atoms with van der Waals surface area (Å²) >= 11 is 0. The van der Waals surface area contributed by atoms with Crippen molar-refractivity contribution in [3.8, 4) is 0 Å². The molecule has 3 rings (SSSR count). The molecule has 0 spiro atoms. The summed E-state index contributed by atoms with van der Waals surface area (Å²) in [5.41, 5.74) is 1.53. The largest absolute Gasteiger partial charge is 0.464 e. The molecule has 1 fully saturated rings. The second kappa shape index (κ2) is 5.87. The van der Waals surface area contributed by atoms with Crippen molar-refractivity contribution in [2.24, 2.45) is 0 Å². The fraction of sp³-hybridized carbons (Fsp3) is 0.333. The van der Waals surface area contributed by atoms with Gasteiger partial charge in [-0.3, -0.25) is 4.98 Å². The van der Waals surface area contributed by atoms with E-state index in [-0.39, 0.29) is 5.69 Å². The number of carbonyl (C=O) groups excluding carboxylic acids is 1. The number of pyridine rings is 1. The van der Waals surface area contributed by atoms with Crippen LogP contribution in [0.5, 0.6) is 0 Å². The molecule has 0 aliphatic carbocycles. The second-order valence-electron chi connectivity index (χ2n) is 4.96. The van der Waals surface area contributed by atoms with Gasteiger partial charge >= 0.3 is 5.97 Å². The molecule has 3 heterocycles. The summed E-state index contributed by atoms with van der Waals surface area (Å²) < 4.78 is 4.62. The van der Waals surface area contributed by atoms with Gasteiger partial charge in [0.15, 0.2) is 5.69 Å². The molecule has 21 heavy (non-hydrogen) atoms. The molecule has 1 saturated heterocycles. The number of methoxy groups -OCH3 is 1. The van der Waals surface area contributed by atoms with Crippen molar-refractivity contribution in [2.75, 3.05) is 25.1 Å². The van der Waals surface area contributed by atoms with Crippen molar-refractivity contribution in [3.63, 3.8) is 0 Å². The molecule has 108 valence electrons. The van der Waals surface area contributed by atoms with Gasteiger partial charge in [-0.2, -0.15) is 0 Å². The summed E-state index contributed by atoms with van der Waals surface area (Å²) in [5.74, 6) is 0.805. The highest BCUT2D eigenvalue weighted by Crippen LogP contribution is 2.29. The predicted molar refractivity (Wildman–Crippen MR) is 77.2 cm³/mol. The summed E-state index contributed by atoms with van der Waals surface area (Å²) in [4.78, 5) is 26.0. The molecule has 6 nitrogen and oxygen atoms in total. The van der Waals surface area contributed by atoms with Gasteiger partial charge in [0.05, 0.1) is 19.5 Å². The van der Waals surface area contributed by atoms with E-state index < -0.39 is 5.97 Å². The number of aromatic nitrogens is 3. The Morgan fingerprint density at radius 1 is 1.29 bits per heavy atom. The first-order chi connectivity index (χ1) is 10.3. The van der Waals surface area contributed by atoms with Crippen molar-refractivity contribution in [3.05, 3.63) is 48.2 Å². The van der Waals surface area contributed by atoms with Crippen molar-refractivity contribution >= 4 is 11.8 Å². The van der Waals surface area contributed by atoms with Crippen LogP contribution in [-0.4, -0.2) is 41.1 Å². The van der Waals surface area contributed by atoms with Crippen LogP contribution in [0.4, 0.5) is 5.82 Å². The molecule has 0 aromatic carbocycles. The molecule has 2 aromatic rings. The Hall–Kier alpha value is -2.50. The van der Waals surface area contributed by atoms with Crippen molar-refractivity contribution in [2.45, 2.75) is 12.3 Å². The van der Waals surface area contributed by atoms with E-state index in [9.17, 15) is 4.79 Å². The van der Waals surface area contributed by atoms with Gasteiger partial charge in [-0.05, 0) is 24.1 Å². The first-order valence-electron chi connectivity index (χ1n) is 6.83. The van der Waals surface area contributed by atoms with Crippen molar-refractivity contribution < 1.29 is 9.53 Å². The van der Waals surface area contributed by atoms with Crippen LogP contribution in [0.25, 0.3) is 0 Å². The quantitative estimate of drug-likeness (QED) is 0.798. The van der Waals surface area contributed by atoms with E-state index in [1.165, 1.54) is 18.9 Å². The van der Waals surface area contributed by atoms with Gasteiger partial charge in [0, 0.05) is 31.4 Å². The molecule has 0 amide bonds. The third kappa shape index (κ3) is 2.84. The number of hydrogen-bond acceptors (Lipinski definition) is 6. The summed E-state index contributed by atoms with van der Waals surface area (Å²) in [6, 6.07) is 4.11. The van der Waals surface area contributed by atoms with Crippen LogP contribution in [0, 0.1) is 0 Å². The molecular formula is C15H16N4O2. The molecule has 0 N–H and O–H groups in total. The molecule has 1 unspecified atom stereocenters. The molecular weight excluding hydrogens is 268 g/mol. The van der Waals surface area contributed by atoms with E-state index >= 15 is 0 Å². The zero-order valence-electron chi connectivity index (χ0n) is 11.8. The topological polar surface area (TPSA) is 68.2 Å².